The number of rotatable bonds is 4. The van der Waals surface area contributed by atoms with Crippen LogP contribution in [-0.2, 0) is 12.8 Å². The molecule has 230 valence electrons. The van der Waals surface area contributed by atoms with E-state index in [1.165, 1.54) is 48.9 Å². The Hall–Kier alpha value is -5.25. The minimum Gasteiger partial charge on any atom is -0.453 e. The molecule has 3 aliphatic rings. The lowest BCUT2D eigenvalue weighted by Crippen LogP contribution is -2.16. The Balaban J connectivity index is 1.23. The lowest BCUT2D eigenvalue weighted by atomic mass is 9.82. The van der Waals surface area contributed by atoms with E-state index in [1.807, 2.05) is 11.8 Å². The smallest absolute Gasteiger partial charge is 0.159 e. The molecule has 2 aliphatic carbocycles. The molecule has 0 saturated heterocycles. The van der Waals surface area contributed by atoms with Crippen LogP contribution in [-0.4, -0.2) is 0 Å². The van der Waals surface area contributed by atoms with Crippen LogP contribution in [0.25, 0.3) is 45.2 Å². The summed E-state index contributed by atoms with van der Waals surface area (Å²) in [6.07, 6.45) is 10.3. The van der Waals surface area contributed by atoms with Crippen molar-refractivity contribution in [2.75, 3.05) is 4.90 Å². The second-order valence-corrected chi connectivity index (χ2v) is 14.3. The number of para-hydroxylation sites is 2. The SMILES string of the molecule is Cc1cccc(N(c2cc3c(c4c2CCC=C4)SC2=Cc4ccccc4CC23)c2cccc3c2oc2c(-c4ccccc4)cccc23)c1. The van der Waals surface area contributed by atoms with Gasteiger partial charge in [-0.25, -0.2) is 0 Å². The maximum Gasteiger partial charge on any atom is 0.159 e. The lowest BCUT2D eigenvalue weighted by molar-refractivity contribution is 0.670. The minimum absolute atomic E-state index is 0.369. The highest BCUT2D eigenvalue weighted by Gasteiger charge is 2.36. The van der Waals surface area contributed by atoms with Crippen molar-refractivity contribution in [1.82, 2.24) is 0 Å². The third-order valence-corrected chi connectivity index (χ3v) is 11.6. The van der Waals surface area contributed by atoms with E-state index >= 15 is 0 Å². The number of hydrogen-bond acceptors (Lipinski definition) is 3. The Bertz CT molecular complexity index is 2480. The van der Waals surface area contributed by atoms with E-state index < -0.39 is 0 Å². The minimum atomic E-state index is 0.369. The van der Waals surface area contributed by atoms with Gasteiger partial charge < -0.3 is 9.32 Å². The fraction of sp³-hybridized carbons (Fsp3) is 0.111. The number of benzene rings is 6. The van der Waals surface area contributed by atoms with Crippen LogP contribution in [0.2, 0.25) is 0 Å². The summed E-state index contributed by atoms with van der Waals surface area (Å²) in [6, 6.07) is 44.1. The zero-order chi connectivity index (χ0) is 31.8. The fourth-order valence-electron chi connectivity index (χ4n) is 8.09. The molecule has 0 radical (unpaired) electrons. The van der Waals surface area contributed by atoms with Gasteiger partial charge in [-0.05, 0) is 100 Å². The number of thioether (sulfide) groups is 1. The summed E-state index contributed by atoms with van der Waals surface area (Å²) in [5.74, 6) is 0.369. The van der Waals surface area contributed by atoms with Crippen molar-refractivity contribution in [2.45, 2.75) is 37.0 Å². The van der Waals surface area contributed by atoms with Crippen molar-refractivity contribution >= 4 is 62.9 Å². The molecular weight excluding hydrogens is 603 g/mol. The average molecular weight is 636 g/mol. The first kappa shape index (κ1) is 27.8. The quantitative estimate of drug-likeness (QED) is 0.191. The average Bonchev–Trinajstić information content (AvgIpc) is 3.70. The molecule has 2 heterocycles. The zero-order valence-electron chi connectivity index (χ0n) is 26.7. The van der Waals surface area contributed by atoms with Gasteiger partial charge in [-0.3, -0.25) is 0 Å². The fourth-order valence-corrected chi connectivity index (χ4v) is 9.48. The van der Waals surface area contributed by atoms with E-state index in [2.05, 4.69) is 151 Å². The monoisotopic (exact) mass is 635 g/mol. The molecule has 3 heteroatoms. The second kappa shape index (κ2) is 10.9. The number of aryl methyl sites for hydroxylation is 1. The van der Waals surface area contributed by atoms with Crippen molar-refractivity contribution in [3.8, 4) is 11.1 Å². The summed E-state index contributed by atoms with van der Waals surface area (Å²) in [5, 5.41) is 2.28. The van der Waals surface area contributed by atoms with Crippen molar-refractivity contribution in [2.24, 2.45) is 0 Å². The normalized spacial score (nSPS) is 15.9. The van der Waals surface area contributed by atoms with E-state index in [4.69, 9.17) is 4.42 Å². The zero-order valence-corrected chi connectivity index (χ0v) is 27.6. The standard InChI is InChI=1S/C45H33NOS/c1-28-12-9-17-32(24-28)46(40-23-11-22-36-35-21-10-20-33(43(35)47-44(36)40)29-13-3-2-4-14-29)41-27-39-38-25-30-15-5-6-16-31(30)26-42(38)48-45(39)37-19-8-7-18-34(37)41/h2-6,8-17,19-24,26-27,38H,7,18,25H2,1H3. The number of anilines is 3. The first-order valence-corrected chi connectivity index (χ1v) is 17.7. The Morgan fingerprint density at radius 3 is 2.46 bits per heavy atom. The van der Waals surface area contributed by atoms with Gasteiger partial charge in [0.1, 0.15) is 5.58 Å². The number of furan rings is 1. The first-order valence-electron chi connectivity index (χ1n) is 16.9. The van der Waals surface area contributed by atoms with Crippen LogP contribution >= 0.6 is 11.8 Å². The van der Waals surface area contributed by atoms with E-state index in [1.54, 1.807) is 0 Å². The summed E-state index contributed by atoms with van der Waals surface area (Å²) >= 11 is 1.99. The topological polar surface area (TPSA) is 16.4 Å². The molecule has 0 bridgehead atoms. The second-order valence-electron chi connectivity index (χ2n) is 13.2. The van der Waals surface area contributed by atoms with Crippen molar-refractivity contribution < 1.29 is 4.42 Å². The highest BCUT2D eigenvalue weighted by molar-refractivity contribution is 8.03. The van der Waals surface area contributed by atoms with Gasteiger partial charge in [0, 0.05) is 32.8 Å². The van der Waals surface area contributed by atoms with Crippen LogP contribution in [0.15, 0.2) is 142 Å². The molecule has 10 rings (SSSR count). The molecule has 0 spiro atoms. The summed E-state index contributed by atoms with van der Waals surface area (Å²) in [4.78, 5) is 5.39. The molecule has 0 saturated carbocycles. The van der Waals surface area contributed by atoms with Gasteiger partial charge >= 0.3 is 0 Å². The summed E-state index contributed by atoms with van der Waals surface area (Å²) < 4.78 is 7.02. The largest absolute Gasteiger partial charge is 0.453 e. The van der Waals surface area contributed by atoms with Gasteiger partial charge in [-0.1, -0.05) is 121 Å². The number of allylic oxidation sites excluding steroid dienone is 2. The third-order valence-electron chi connectivity index (χ3n) is 10.3. The van der Waals surface area contributed by atoms with E-state index in [-0.39, 0.29) is 0 Å². The van der Waals surface area contributed by atoms with E-state index in [0.29, 0.717) is 5.92 Å². The summed E-state index contributed by atoms with van der Waals surface area (Å²) in [5.41, 5.74) is 15.9. The van der Waals surface area contributed by atoms with E-state index in [9.17, 15) is 0 Å². The predicted molar refractivity (Wildman–Crippen MR) is 203 cm³/mol. The third kappa shape index (κ3) is 4.27. The first-order chi connectivity index (χ1) is 23.7. The van der Waals surface area contributed by atoms with E-state index in [0.717, 1.165) is 63.7 Å². The molecule has 0 fully saturated rings. The van der Waals surface area contributed by atoms with Crippen LogP contribution in [0.1, 0.15) is 45.7 Å². The summed E-state index contributed by atoms with van der Waals surface area (Å²) in [7, 11) is 0. The van der Waals surface area contributed by atoms with Gasteiger partial charge in [0.05, 0.1) is 11.4 Å². The van der Waals surface area contributed by atoms with Crippen LogP contribution in [0, 0.1) is 6.92 Å². The number of hydrogen-bond donors (Lipinski definition) is 0. The number of nitrogens with zero attached hydrogens (tertiary/aromatic N) is 1. The summed E-state index contributed by atoms with van der Waals surface area (Å²) in [6.45, 7) is 2.18. The maximum absolute atomic E-state index is 7.02. The highest BCUT2D eigenvalue weighted by atomic mass is 32.2. The van der Waals surface area contributed by atoms with Crippen LogP contribution in [0.3, 0.4) is 0 Å². The van der Waals surface area contributed by atoms with Crippen LogP contribution < -0.4 is 4.90 Å². The Morgan fingerprint density at radius 1 is 0.750 bits per heavy atom. The van der Waals surface area contributed by atoms with Gasteiger partial charge in [0.25, 0.3) is 0 Å². The Morgan fingerprint density at radius 2 is 1.56 bits per heavy atom. The van der Waals surface area contributed by atoms with Crippen LogP contribution in [0.4, 0.5) is 17.1 Å². The van der Waals surface area contributed by atoms with Crippen molar-refractivity contribution in [1.29, 1.82) is 0 Å². The van der Waals surface area contributed by atoms with Gasteiger partial charge in [-0.2, -0.15) is 0 Å². The highest BCUT2D eigenvalue weighted by Crippen LogP contribution is 2.58. The molecule has 1 atom stereocenters. The predicted octanol–water partition coefficient (Wildman–Crippen LogP) is 12.8. The molecule has 0 amide bonds. The molecule has 7 aromatic rings. The Kier molecular flexibility index (Phi) is 6.32. The molecule has 6 aromatic carbocycles. The molecule has 2 nitrogen and oxygen atoms in total. The van der Waals surface area contributed by atoms with Gasteiger partial charge in [0.2, 0.25) is 0 Å². The molecule has 1 aliphatic heterocycles. The molecular formula is C45H33NOS. The Labute approximate surface area is 285 Å². The molecule has 0 N–H and O–H groups in total. The lowest BCUT2D eigenvalue weighted by Gasteiger charge is -2.31. The molecule has 1 aromatic heterocycles. The molecule has 48 heavy (non-hydrogen) atoms. The van der Waals surface area contributed by atoms with Crippen molar-refractivity contribution in [3.05, 3.63) is 166 Å². The van der Waals surface area contributed by atoms with Gasteiger partial charge in [0.15, 0.2) is 5.58 Å². The van der Waals surface area contributed by atoms with Gasteiger partial charge in [-0.15, -0.1) is 0 Å². The maximum atomic E-state index is 7.02. The number of fused-ring (bicyclic) bond motifs is 9. The molecule has 1 unspecified atom stereocenters. The van der Waals surface area contributed by atoms with Crippen molar-refractivity contribution in [3.63, 3.8) is 0 Å². The van der Waals surface area contributed by atoms with Crippen LogP contribution in [0.5, 0.6) is 0 Å².